The van der Waals surface area contributed by atoms with Gasteiger partial charge in [-0.05, 0) is 17.7 Å². The number of hydrogen-bond acceptors (Lipinski definition) is 3. The van der Waals surface area contributed by atoms with E-state index in [4.69, 9.17) is 5.73 Å². The van der Waals surface area contributed by atoms with E-state index in [2.05, 4.69) is 20.8 Å². The molecule has 1 aromatic carbocycles. The van der Waals surface area contributed by atoms with Crippen LogP contribution in [0.15, 0.2) is 28.7 Å². The Kier molecular flexibility index (Phi) is 5.36. The Morgan fingerprint density at radius 1 is 1.16 bits per heavy atom. The highest BCUT2D eigenvalue weighted by molar-refractivity contribution is 9.10. The molecule has 1 aliphatic heterocycles. The minimum Gasteiger partial charge on any atom is -0.340 e. The number of halogens is 1. The van der Waals surface area contributed by atoms with Crippen LogP contribution in [0, 0.1) is 0 Å². The van der Waals surface area contributed by atoms with E-state index in [1.165, 1.54) is 0 Å². The van der Waals surface area contributed by atoms with Gasteiger partial charge in [-0.25, -0.2) is 0 Å². The standard InChI is InChI=1S/C14H20BrN3O/c15-13-3-1-12(2-4-13)11-14(19)18-9-7-17(6-5-16)8-10-18/h1-4H,5-11,16H2. The Labute approximate surface area is 122 Å². The highest BCUT2D eigenvalue weighted by atomic mass is 79.9. The van der Waals surface area contributed by atoms with E-state index in [1.54, 1.807) is 0 Å². The molecular formula is C14H20BrN3O. The molecule has 1 aromatic rings. The first-order valence-corrected chi connectivity index (χ1v) is 7.43. The maximum absolute atomic E-state index is 12.2. The predicted molar refractivity (Wildman–Crippen MR) is 79.9 cm³/mol. The highest BCUT2D eigenvalue weighted by Gasteiger charge is 2.20. The third kappa shape index (κ3) is 4.30. The van der Waals surface area contributed by atoms with Crippen molar-refractivity contribution in [2.75, 3.05) is 39.3 Å². The molecule has 2 N–H and O–H groups in total. The Hall–Kier alpha value is -0.910. The number of amides is 1. The van der Waals surface area contributed by atoms with Gasteiger partial charge in [-0.15, -0.1) is 0 Å². The van der Waals surface area contributed by atoms with Gasteiger partial charge in [0.05, 0.1) is 6.42 Å². The van der Waals surface area contributed by atoms with Crippen molar-refractivity contribution in [2.45, 2.75) is 6.42 Å². The molecular weight excluding hydrogens is 306 g/mol. The first-order valence-electron chi connectivity index (χ1n) is 6.63. The van der Waals surface area contributed by atoms with Crippen LogP contribution in [0.4, 0.5) is 0 Å². The summed E-state index contributed by atoms with van der Waals surface area (Å²) < 4.78 is 1.04. The molecule has 0 aliphatic carbocycles. The molecule has 0 radical (unpaired) electrons. The van der Waals surface area contributed by atoms with Gasteiger partial charge in [0.25, 0.3) is 0 Å². The molecule has 19 heavy (non-hydrogen) atoms. The maximum Gasteiger partial charge on any atom is 0.227 e. The smallest absolute Gasteiger partial charge is 0.227 e. The fourth-order valence-electron chi connectivity index (χ4n) is 2.29. The van der Waals surface area contributed by atoms with Crippen LogP contribution in [0.3, 0.4) is 0 Å². The van der Waals surface area contributed by atoms with Gasteiger partial charge >= 0.3 is 0 Å². The van der Waals surface area contributed by atoms with Gasteiger partial charge in [0.2, 0.25) is 5.91 Å². The number of carbonyl (C=O) groups excluding carboxylic acids is 1. The summed E-state index contributed by atoms with van der Waals surface area (Å²) in [5.74, 6) is 0.217. The van der Waals surface area contributed by atoms with Crippen LogP contribution in [0.25, 0.3) is 0 Å². The zero-order valence-electron chi connectivity index (χ0n) is 11.0. The minimum absolute atomic E-state index is 0.217. The van der Waals surface area contributed by atoms with Gasteiger partial charge < -0.3 is 10.6 Å². The van der Waals surface area contributed by atoms with Crippen molar-refractivity contribution in [3.05, 3.63) is 34.3 Å². The quantitative estimate of drug-likeness (QED) is 0.901. The first kappa shape index (κ1) is 14.5. The SMILES string of the molecule is NCCN1CCN(C(=O)Cc2ccc(Br)cc2)CC1. The number of carbonyl (C=O) groups is 1. The molecule has 4 nitrogen and oxygen atoms in total. The molecule has 5 heteroatoms. The van der Waals surface area contributed by atoms with Crippen molar-refractivity contribution in [1.29, 1.82) is 0 Å². The third-order valence-electron chi connectivity index (χ3n) is 3.44. The second kappa shape index (κ2) is 7.03. The van der Waals surface area contributed by atoms with Crippen molar-refractivity contribution in [3.8, 4) is 0 Å². The molecule has 0 unspecified atom stereocenters. The van der Waals surface area contributed by atoms with Crippen LogP contribution in [-0.2, 0) is 11.2 Å². The fraction of sp³-hybridized carbons (Fsp3) is 0.500. The molecule has 0 aromatic heterocycles. The third-order valence-corrected chi connectivity index (χ3v) is 3.97. The molecule has 0 atom stereocenters. The van der Waals surface area contributed by atoms with Gasteiger partial charge in [0.1, 0.15) is 0 Å². The number of nitrogens with zero attached hydrogens (tertiary/aromatic N) is 2. The molecule has 0 bridgehead atoms. The van der Waals surface area contributed by atoms with Crippen LogP contribution in [0.5, 0.6) is 0 Å². The lowest BCUT2D eigenvalue weighted by Gasteiger charge is -2.34. The van der Waals surface area contributed by atoms with Crippen molar-refractivity contribution < 1.29 is 4.79 Å². The number of nitrogens with two attached hydrogens (primary N) is 1. The predicted octanol–water partition coefficient (Wildman–Crippen LogP) is 1.09. The van der Waals surface area contributed by atoms with E-state index in [0.717, 1.165) is 42.8 Å². The van der Waals surface area contributed by atoms with Crippen LogP contribution in [0.2, 0.25) is 0 Å². The minimum atomic E-state index is 0.217. The van der Waals surface area contributed by atoms with Crippen LogP contribution < -0.4 is 5.73 Å². The highest BCUT2D eigenvalue weighted by Crippen LogP contribution is 2.12. The molecule has 1 saturated heterocycles. The van der Waals surface area contributed by atoms with Crippen molar-refractivity contribution in [2.24, 2.45) is 5.73 Å². The zero-order valence-corrected chi connectivity index (χ0v) is 12.6. The van der Waals surface area contributed by atoms with Crippen LogP contribution >= 0.6 is 15.9 Å². The van der Waals surface area contributed by atoms with E-state index >= 15 is 0 Å². The average molecular weight is 326 g/mol. The Morgan fingerprint density at radius 3 is 2.37 bits per heavy atom. The lowest BCUT2D eigenvalue weighted by Crippen LogP contribution is -2.50. The first-order chi connectivity index (χ1) is 9.19. The number of benzene rings is 1. The van der Waals surface area contributed by atoms with Gasteiger partial charge in [-0.3, -0.25) is 9.69 Å². The van der Waals surface area contributed by atoms with Gasteiger partial charge in [-0.2, -0.15) is 0 Å². The lowest BCUT2D eigenvalue weighted by atomic mass is 10.1. The van der Waals surface area contributed by atoms with E-state index in [-0.39, 0.29) is 5.91 Å². The largest absolute Gasteiger partial charge is 0.340 e. The number of rotatable bonds is 4. The Balaban J connectivity index is 1.83. The van der Waals surface area contributed by atoms with E-state index < -0.39 is 0 Å². The number of hydrogen-bond donors (Lipinski definition) is 1. The van der Waals surface area contributed by atoms with Crippen molar-refractivity contribution >= 4 is 21.8 Å². The van der Waals surface area contributed by atoms with E-state index in [1.807, 2.05) is 29.2 Å². The van der Waals surface area contributed by atoms with Crippen LogP contribution in [0.1, 0.15) is 5.56 Å². The van der Waals surface area contributed by atoms with E-state index in [9.17, 15) is 4.79 Å². The monoisotopic (exact) mass is 325 g/mol. The van der Waals surface area contributed by atoms with Gasteiger partial charge in [-0.1, -0.05) is 28.1 Å². The fourth-order valence-corrected chi connectivity index (χ4v) is 2.56. The molecule has 1 amide bonds. The molecule has 0 spiro atoms. The Bertz CT molecular complexity index is 413. The van der Waals surface area contributed by atoms with Crippen molar-refractivity contribution in [1.82, 2.24) is 9.80 Å². The maximum atomic E-state index is 12.2. The molecule has 2 rings (SSSR count). The molecule has 104 valence electrons. The molecule has 1 heterocycles. The Morgan fingerprint density at radius 2 is 1.79 bits per heavy atom. The summed E-state index contributed by atoms with van der Waals surface area (Å²) in [7, 11) is 0. The lowest BCUT2D eigenvalue weighted by molar-refractivity contribution is -0.132. The average Bonchev–Trinajstić information content (AvgIpc) is 2.42. The summed E-state index contributed by atoms with van der Waals surface area (Å²) in [4.78, 5) is 16.5. The summed E-state index contributed by atoms with van der Waals surface area (Å²) in [5, 5.41) is 0. The summed E-state index contributed by atoms with van der Waals surface area (Å²) in [6.45, 7) is 5.11. The van der Waals surface area contributed by atoms with Gasteiger partial charge in [0, 0.05) is 43.7 Å². The van der Waals surface area contributed by atoms with Crippen LogP contribution in [-0.4, -0.2) is 55.0 Å². The number of piperazine rings is 1. The zero-order chi connectivity index (χ0) is 13.7. The second-order valence-corrected chi connectivity index (χ2v) is 5.73. The summed E-state index contributed by atoms with van der Waals surface area (Å²) in [6, 6.07) is 7.93. The molecule has 1 aliphatic rings. The normalized spacial score (nSPS) is 16.6. The summed E-state index contributed by atoms with van der Waals surface area (Å²) in [5.41, 5.74) is 6.61. The summed E-state index contributed by atoms with van der Waals surface area (Å²) >= 11 is 3.40. The molecule has 0 saturated carbocycles. The van der Waals surface area contributed by atoms with Crippen molar-refractivity contribution in [3.63, 3.8) is 0 Å². The topological polar surface area (TPSA) is 49.6 Å². The summed E-state index contributed by atoms with van der Waals surface area (Å²) in [6.07, 6.45) is 0.490. The molecule has 1 fully saturated rings. The second-order valence-electron chi connectivity index (χ2n) is 4.81. The van der Waals surface area contributed by atoms with Gasteiger partial charge in [0.15, 0.2) is 0 Å². The van der Waals surface area contributed by atoms with E-state index in [0.29, 0.717) is 13.0 Å².